The van der Waals surface area contributed by atoms with E-state index in [1.54, 1.807) is 25.1 Å². The zero-order valence-corrected chi connectivity index (χ0v) is 11.9. The summed E-state index contributed by atoms with van der Waals surface area (Å²) in [7, 11) is 0. The first-order valence-corrected chi connectivity index (χ1v) is 7.02. The van der Waals surface area contributed by atoms with Gasteiger partial charge in [-0.05, 0) is 25.8 Å². The quantitative estimate of drug-likeness (QED) is 0.692. The molecule has 0 spiro atoms. The Labute approximate surface area is 122 Å². The first-order chi connectivity index (χ1) is 10.1. The summed E-state index contributed by atoms with van der Waals surface area (Å²) in [5.41, 5.74) is 0.647. The second-order valence-corrected chi connectivity index (χ2v) is 4.93. The molecule has 0 radical (unpaired) electrons. The second kappa shape index (κ2) is 7.36. The van der Waals surface area contributed by atoms with Gasteiger partial charge in [0.1, 0.15) is 5.75 Å². The van der Waals surface area contributed by atoms with E-state index < -0.39 is 6.61 Å². The van der Waals surface area contributed by atoms with Gasteiger partial charge in [-0.1, -0.05) is 18.2 Å². The molecule has 1 aromatic carbocycles. The van der Waals surface area contributed by atoms with E-state index in [0.717, 1.165) is 12.8 Å². The van der Waals surface area contributed by atoms with Crippen molar-refractivity contribution in [2.75, 3.05) is 13.2 Å². The average molecular weight is 299 g/mol. The van der Waals surface area contributed by atoms with Crippen LogP contribution in [0.5, 0.6) is 5.75 Å². The Hall–Kier alpha value is -1.69. The summed E-state index contributed by atoms with van der Waals surface area (Å²) in [6, 6.07) is 6.97. The molecular weight excluding hydrogens is 280 g/mol. The van der Waals surface area contributed by atoms with Crippen LogP contribution in [0.2, 0.25) is 0 Å². The fourth-order valence-corrected chi connectivity index (χ4v) is 2.19. The zero-order chi connectivity index (χ0) is 15.2. The lowest BCUT2D eigenvalue weighted by Gasteiger charge is -2.22. The monoisotopic (exact) mass is 299 g/mol. The van der Waals surface area contributed by atoms with Gasteiger partial charge in [0.15, 0.2) is 0 Å². The summed E-state index contributed by atoms with van der Waals surface area (Å²) in [4.78, 5) is 13.6. The van der Waals surface area contributed by atoms with Crippen molar-refractivity contribution in [1.29, 1.82) is 0 Å². The smallest absolute Gasteiger partial charge is 0.387 e. The number of carbonyl (C=O) groups is 1. The normalized spacial score (nSPS) is 14.5. The highest BCUT2D eigenvalue weighted by Crippen LogP contribution is 2.30. The lowest BCUT2D eigenvalue weighted by molar-refractivity contribution is -0.144. The molecule has 1 aromatic rings. The van der Waals surface area contributed by atoms with Gasteiger partial charge in [-0.3, -0.25) is 9.69 Å². The number of para-hydroxylation sites is 1. The number of esters is 1. The minimum Gasteiger partial charge on any atom is -0.465 e. The number of carbonyl (C=O) groups excluding carboxylic acids is 1. The van der Waals surface area contributed by atoms with Crippen LogP contribution >= 0.6 is 0 Å². The van der Waals surface area contributed by atoms with Crippen molar-refractivity contribution in [3.63, 3.8) is 0 Å². The maximum Gasteiger partial charge on any atom is 0.387 e. The maximum atomic E-state index is 12.4. The molecule has 6 heteroatoms. The third-order valence-electron chi connectivity index (χ3n) is 3.26. The van der Waals surface area contributed by atoms with Gasteiger partial charge in [-0.25, -0.2) is 0 Å². The van der Waals surface area contributed by atoms with E-state index >= 15 is 0 Å². The number of hydrogen-bond donors (Lipinski definition) is 0. The van der Waals surface area contributed by atoms with Crippen molar-refractivity contribution in [2.45, 2.75) is 39.0 Å². The number of nitrogens with zero attached hydrogens (tertiary/aromatic N) is 1. The summed E-state index contributed by atoms with van der Waals surface area (Å²) in [5.74, 6) is -0.140. The first kappa shape index (κ1) is 15.7. The molecule has 1 fully saturated rings. The molecule has 1 aliphatic carbocycles. The summed E-state index contributed by atoms with van der Waals surface area (Å²) in [5, 5.41) is 0. The average Bonchev–Trinajstić information content (AvgIpc) is 3.24. The Morgan fingerprint density at radius 3 is 2.71 bits per heavy atom. The fraction of sp³-hybridized carbons (Fsp3) is 0.533. The van der Waals surface area contributed by atoms with Crippen LogP contribution in [0.3, 0.4) is 0 Å². The maximum absolute atomic E-state index is 12.4. The molecular formula is C15H19F2NO3. The third kappa shape index (κ3) is 4.97. The largest absolute Gasteiger partial charge is 0.465 e. The van der Waals surface area contributed by atoms with E-state index in [4.69, 9.17) is 4.74 Å². The van der Waals surface area contributed by atoms with E-state index in [9.17, 15) is 13.6 Å². The number of benzene rings is 1. The summed E-state index contributed by atoms with van der Waals surface area (Å²) < 4.78 is 34.3. The van der Waals surface area contributed by atoms with Gasteiger partial charge >= 0.3 is 12.6 Å². The minimum absolute atomic E-state index is 0.155. The molecule has 0 amide bonds. The second-order valence-electron chi connectivity index (χ2n) is 4.93. The Morgan fingerprint density at radius 1 is 1.38 bits per heavy atom. The molecule has 0 aliphatic heterocycles. The first-order valence-electron chi connectivity index (χ1n) is 7.02. The van der Waals surface area contributed by atoms with Gasteiger partial charge in [0.05, 0.1) is 13.2 Å². The SMILES string of the molecule is CCOC(=O)CN(Cc1ccccc1OC(F)F)C1CC1. The van der Waals surface area contributed by atoms with Gasteiger partial charge < -0.3 is 9.47 Å². The van der Waals surface area contributed by atoms with E-state index in [1.807, 2.05) is 4.90 Å². The van der Waals surface area contributed by atoms with E-state index in [0.29, 0.717) is 24.8 Å². The minimum atomic E-state index is -2.86. The molecule has 1 saturated carbocycles. The molecule has 0 saturated heterocycles. The third-order valence-corrected chi connectivity index (χ3v) is 3.26. The van der Waals surface area contributed by atoms with Crippen LogP contribution in [0.25, 0.3) is 0 Å². The van der Waals surface area contributed by atoms with E-state index in [1.165, 1.54) is 6.07 Å². The van der Waals surface area contributed by atoms with Crippen LogP contribution in [0, 0.1) is 0 Å². The molecule has 0 atom stereocenters. The predicted molar refractivity (Wildman–Crippen MR) is 73.1 cm³/mol. The van der Waals surface area contributed by atoms with Crippen LogP contribution < -0.4 is 4.74 Å². The van der Waals surface area contributed by atoms with Crippen LogP contribution in [0.1, 0.15) is 25.3 Å². The van der Waals surface area contributed by atoms with Crippen LogP contribution in [-0.4, -0.2) is 36.7 Å². The van der Waals surface area contributed by atoms with E-state index in [-0.39, 0.29) is 18.3 Å². The Bertz CT molecular complexity index is 478. The number of alkyl halides is 2. The standard InChI is InChI=1S/C15H19F2NO3/c1-2-20-14(19)10-18(12-7-8-12)9-11-5-3-4-6-13(11)21-15(16)17/h3-6,12,15H,2,7-10H2,1H3. The molecule has 116 valence electrons. The molecule has 4 nitrogen and oxygen atoms in total. The van der Waals surface area contributed by atoms with Gasteiger partial charge in [0.25, 0.3) is 0 Å². The molecule has 0 N–H and O–H groups in total. The zero-order valence-electron chi connectivity index (χ0n) is 11.9. The number of ether oxygens (including phenoxy) is 2. The Morgan fingerprint density at radius 2 is 2.10 bits per heavy atom. The van der Waals surface area contributed by atoms with Crippen molar-refractivity contribution >= 4 is 5.97 Å². The van der Waals surface area contributed by atoms with Gasteiger partial charge in [0.2, 0.25) is 0 Å². The number of hydrogen-bond acceptors (Lipinski definition) is 4. The Balaban J connectivity index is 2.04. The predicted octanol–water partition coefficient (Wildman–Crippen LogP) is 2.82. The molecule has 0 heterocycles. The van der Waals surface area contributed by atoms with Crippen LogP contribution in [-0.2, 0) is 16.1 Å². The summed E-state index contributed by atoms with van der Waals surface area (Å²) in [6.07, 6.45) is 2.02. The highest BCUT2D eigenvalue weighted by atomic mass is 19.3. The van der Waals surface area contributed by atoms with Gasteiger partial charge in [-0.2, -0.15) is 8.78 Å². The fourth-order valence-electron chi connectivity index (χ4n) is 2.19. The van der Waals surface area contributed by atoms with Crippen molar-refractivity contribution < 1.29 is 23.0 Å². The lowest BCUT2D eigenvalue weighted by Crippen LogP contribution is -2.32. The number of rotatable bonds is 8. The van der Waals surface area contributed by atoms with E-state index in [2.05, 4.69) is 4.74 Å². The molecule has 0 unspecified atom stereocenters. The Kier molecular flexibility index (Phi) is 5.50. The van der Waals surface area contributed by atoms with Crippen molar-refractivity contribution in [1.82, 2.24) is 4.90 Å². The molecule has 0 bridgehead atoms. The van der Waals surface area contributed by atoms with Crippen LogP contribution in [0.4, 0.5) is 8.78 Å². The molecule has 2 rings (SSSR count). The van der Waals surface area contributed by atoms with Gasteiger partial charge in [-0.15, -0.1) is 0 Å². The summed E-state index contributed by atoms with van der Waals surface area (Å²) >= 11 is 0. The summed E-state index contributed by atoms with van der Waals surface area (Å²) in [6.45, 7) is -0.202. The van der Waals surface area contributed by atoms with Gasteiger partial charge in [0, 0.05) is 18.2 Å². The lowest BCUT2D eigenvalue weighted by atomic mass is 10.2. The highest BCUT2D eigenvalue weighted by Gasteiger charge is 2.31. The molecule has 0 aromatic heterocycles. The molecule has 1 aliphatic rings. The number of halogens is 2. The van der Waals surface area contributed by atoms with Crippen LogP contribution in [0.15, 0.2) is 24.3 Å². The molecule has 21 heavy (non-hydrogen) atoms. The van der Waals surface area contributed by atoms with Crippen molar-refractivity contribution in [3.05, 3.63) is 29.8 Å². The topological polar surface area (TPSA) is 38.8 Å². The van der Waals surface area contributed by atoms with Crippen molar-refractivity contribution in [3.8, 4) is 5.75 Å². The van der Waals surface area contributed by atoms with Crippen molar-refractivity contribution in [2.24, 2.45) is 0 Å². The highest BCUT2D eigenvalue weighted by molar-refractivity contribution is 5.71.